The molecular formula is C24H16N2O2S. The lowest BCUT2D eigenvalue weighted by atomic mass is 10.1. The number of esters is 1. The Bertz CT molecular complexity index is 1290. The summed E-state index contributed by atoms with van der Waals surface area (Å²) in [7, 11) is 0. The van der Waals surface area contributed by atoms with E-state index in [0.717, 1.165) is 22.0 Å². The highest BCUT2D eigenvalue weighted by Crippen LogP contribution is 2.28. The molecule has 5 rings (SSSR count). The Balaban J connectivity index is 1.53. The summed E-state index contributed by atoms with van der Waals surface area (Å²) in [6.07, 6.45) is 1.73. The maximum Gasteiger partial charge on any atom is 0.347 e. The van der Waals surface area contributed by atoms with E-state index in [0.29, 0.717) is 17.0 Å². The molecule has 3 aromatic carbocycles. The predicted molar refractivity (Wildman–Crippen MR) is 116 cm³/mol. The summed E-state index contributed by atoms with van der Waals surface area (Å²) < 4.78 is 7.42. The zero-order valence-electron chi connectivity index (χ0n) is 15.4. The maximum absolute atomic E-state index is 13.0. The molecule has 0 aliphatic rings. The Hall–Kier alpha value is -3.70. The van der Waals surface area contributed by atoms with Crippen LogP contribution in [-0.2, 0) is 0 Å². The number of hydrogen-bond donors (Lipinski definition) is 0. The Morgan fingerprint density at radius 3 is 2.48 bits per heavy atom. The van der Waals surface area contributed by atoms with Crippen LogP contribution in [0.5, 0.6) is 5.75 Å². The number of carbonyl (C=O) groups is 1. The van der Waals surface area contributed by atoms with Crippen molar-refractivity contribution in [2.45, 2.75) is 0 Å². The normalized spacial score (nSPS) is 10.9. The van der Waals surface area contributed by atoms with Crippen LogP contribution >= 0.6 is 11.3 Å². The summed E-state index contributed by atoms with van der Waals surface area (Å²) in [6, 6.07) is 25.3. The lowest BCUT2D eigenvalue weighted by Gasteiger charge is -2.05. The van der Waals surface area contributed by atoms with Gasteiger partial charge in [0.25, 0.3) is 0 Å². The number of ether oxygens (including phenoxy) is 1. The molecule has 0 aliphatic heterocycles. The van der Waals surface area contributed by atoms with E-state index in [4.69, 9.17) is 4.74 Å². The molecule has 5 heteroatoms. The molecule has 0 unspecified atom stereocenters. The molecule has 2 heterocycles. The van der Waals surface area contributed by atoms with Crippen molar-refractivity contribution < 1.29 is 9.53 Å². The van der Waals surface area contributed by atoms with Crippen molar-refractivity contribution in [1.82, 2.24) is 9.78 Å². The molecule has 0 saturated heterocycles. The molecule has 0 spiro atoms. The van der Waals surface area contributed by atoms with Crippen LogP contribution in [0.2, 0.25) is 0 Å². The summed E-state index contributed by atoms with van der Waals surface area (Å²) in [5, 5.41) is 10.7. The van der Waals surface area contributed by atoms with Crippen LogP contribution in [0.15, 0.2) is 95.8 Å². The predicted octanol–water partition coefficient (Wildman–Crippen LogP) is 5.97. The number of thiophene rings is 1. The molecule has 29 heavy (non-hydrogen) atoms. The number of para-hydroxylation sites is 1. The lowest BCUT2D eigenvalue weighted by Crippen LogP contribution is -2.08. The minimum atomic E-state index is -0.427. The summed E-state index contributed by atoms with van der Waals surface area (Å²) in [5.41, 5.74) is 2.82. The van der Waals surface area contributed by atoms with Crippen LogP contribution < -0.4 is 4.74 Å². The molecule has 0 atom stereocenters. The fraction of sp³-hybridized carbons (Fsp3) is 0. The number of nitrogens with zero attached hydrogens (tertiary/aromatic N) is 2. The summed E-state index contributed by atoms with van der Waals surface area (Å²) >= 11 is 1.56. The average Bonchev–Trinajstić information content (AvgIpc) is 3.44. The number of benzene rings is 3. The van der Waals surface area contributed by atoms with Gasteiger partial charge in [-0.25, -0.2) is 9.48 Å². The monoisotopic (exact) mass is 396 g/mol. The smallest absolute Gasteiger partial charge is 0.347 e. The van der Waals surface area contributed by atoms with E-state index >= 15 is 0 Å². The van der Waals surface area contributed by atoms with E-state index in [-0.39, 0.29) is 0 Å². The van der Waals surface area contributed by atoms with Gasteiger partial charge in [-0.15, -0.1) is 0 Å². The van der Waals surface area contributed by atoms with Gasteiger partial charge in [0.1, 0.15) is 17.0 Å². The fourth-order valence-corrected chi connectivity index (χ4v) is 3.88. The Morgan fingerprint density at radius 1 is 0.897 bits per heavy atom. The summed E-state index contributed by atoms with van der Waals surface area (Å²) in [6.45, 7) is 0. The molecule has 0 fully saturated rings. The SMILES string of the molecule is O=C(Oc1ccc2ccccc2c1)c1cn(-c2ccccc2)nc1-c1ccsc1. The first-order valence-electron chi connectivity index (χ1n) is 9.16. The number of carbonyl (C=O) groups excluding carboxylic acids is 1. The van der Waals surface area contributed by atoms with Crippen molar-refractivity contribution in [2.75, 3.05) is 0 Å². The van der Waals surface area contributed by atoms with E-state index < -0.39 is 5.97 Å². The van der Waals surface area contributed by atoms with Gasteiger partial charge < -0.3 is 4.74 Å². The molecule has 5 aromatic rings. The highest BCUT2D eigenvalue weighted by atomic mass is 32.1. The van der Waals surface area contributed by atoms with Crippen LogP contribution in [0.4, 0.5) is 0 Å². The van der Waals surface area contributed by atoms with Crippen LogP contribution in [0.1, 0.15) is 10.4 Å². The van der Waals surface area contributed by atoms with Gasteiger partial charge in [-0.1, -0.05) is 48.5 Å². The van der Waals surface area contributed by atoms with Gasteiger partial charge in [0.15, 0.2) is 0 Å². The number of aromatic nitrogens is 2. The number of hydrogen-bond acceptors (Lipinski definition) is 4. The van der Waals surface area contributed by atoms with Gasteiger partial charge in [-0.05, 0) is 46.5 Å². The van der Waals surface area contributed by atoms with E-state index in [9.17, 15) is 4.79 Å². The molecule has 2 aromatic heterocycles. The van der Waals surface area contributed by atoms with Crippen LogP contribution in [0.25, 0.3) is 27.7 Å². The summed E-state index contributed by atoms with van der Waals surface area (Å²) in [4.78, 5) is 13.0. The first-order chi connectivity index (χ1) is 14.3. The van der Waals surface area contributed by atoms with Gasteiger partial charge >= 0.3 is 5.97 Å². The molecule has 0 amide bonds. The zero-order chi connectivity index (χ0) is 19.6. The lowest BCUT2D eigenvalue weighted by molar-refractivity contribution is 0.0736. The van der Waals surface area contributed by atoms with E-state index in [1.54, 1.807) is 22.2 Å². The molecule has 0 saturated carbocycles. The topological polar surface area (TPSA) is 44.1 Å². The van der Waals surface area contributed by atoms with Crippen molar-refractivity contribution in [3.8, 4) is 22.7 Å². The van der Waals surface area contributed by atoms with Crippen molar-refractivity contribution in [1.29, 1.82) is 0 Å². The van der Waals surface area contributed by atoms with Crippen molar-refractivity contribution >= 4 is 28.1 Å². The number of rotatable bonds is 4. The molecule has 0 radical (unpaired) electrons. The Morgan fingerprint density at radius 2 is 1.69 bits per heavy atom. The van der Waals surface area contributed by atoms with E-state index in [1.165, 1.54) is 0 Å². The van der Waals surface area contributed by atoms with Crippen molar-refractivity contribution in [3.63, 3.8) is 0 Å². The van der Waals surface area contributed by atoms with Crippen LogP contribution in [0.3, 0.4) is 0 Å². The standard InChI is InChI=1S/C24H16N2O2S/c27-24(28-21-11-10-17-6-4-5-7-18(17)14-21)22-15-26(20-8-2-1-3-9-20)25-23(22)19-12-13-29-16-19/h1-16H. The fourth-order valence-electron chi connectivity index (χ4n) is 3.24. The van der Waals surface area contributed by atoms with Gasteiger partial charge in [-0.2, -0.15) is 16.4 Å². The third-order valence-electron chi connectivity index (χ3n) is 4.68. The van der Waals surface area contributed by atoms with E-state index in [1.807, 2.05) is 89.6 Å². The van der Waals surface area contributed by atoms with Gasteiger partial charge in [-0.3, -0.25) is 0 Å². The third-order valence-corrected chi connectivity index (χ3v) is 5.36. The highest BCUT2D eigenvalue weighted by Gasteiger charge is 2.21. The minimum absolute atomic E-state index is 0.427. The molecule has 0 N–H and O–H groups in total. The molecule has 4 nitrogen and oxygen atoms in total. The molecular weight excluding hydrogens is 380 g/mol. The van der Waals surface area contributed by atoms with Crippen LogP contribution in [0, 0.1) is 0 Å². The van der Waals surface area contributed by atoms with Gasteiger partial charge in [0.05, 0.1) is 5.69 Å². The second-order valence-corrected chi connectivity index (χ2v) is 7.36. The van der Waals surface area contributed by atoms with Crippen molar-refractivity contribution in [2.24, 2.45) is 0 Å². The van der Waals surface area contributed by atoms with Crippen molar-refractivity contribution in [3.05, 3.63) is 101 Å². The largest absolute Gasteiger partial charge is 0.423 e. The van der Waals surface area contributed by atoms with Gasteiger partial charge in [0, 0.05) is 17.1 Å². The third kappa shape index (κ3) is 3.44. The quantitative estimate of drug-likeness (QED) is 0.277. The van der Waals surface area contributed by atoms with E-state index in [2.05, 4.69) is 5.10 Å². The highest BCUT2D eigenvalue weighted by molar-refractivity contribution is 7.08. The number of fused-ring (bicyclic) bond motifs is 1. The average molecular weight is 396 g/mol. The molecule has 0 aliphatic carbocycles. The zero-order valence-corrected chi connectivity index (χ0v) is 16.2. The molecule has 140 valence electrons. The second-order valence-electron chi connectivity index (χ2n) is 6.58. The first-order valence-corrected chi connectivity index (χ1v) is 10.1. The summed E-state index contributed by atoms with van der Waals surface area (Å²) in [5.74, 6) is 0.0843. The minimum Gasteiger partial charge on any atom is -0.423 e. The Labute approximate surface area is 171 Å². The maximum atomic E-state index is 13.0. The Kier molecular flexibility index (Phi) is 4.42. The molecule has 0 bridgehead atoms. The first kappa shape index (κ1) is 17.4. The van der Waals surface area contributed by atoms with Gasteiger partial charge in [0.2, 0.25) is 0 Å². The van der Waals surface area contributed by atoms with Crippen LogP contribution in [-0.4, -0.2) is 15.7 Å². The second kappa shape index (κ2) is 7.37.